The van der Waals surface area contributed by atoms with E-state index in [1.165, 1.54) is 24.8 Å². The highest BCUT2D eigenvalue weighted by Gasteiger charge is 2.22. The lowest BCUT2D eigenvalue weighted by Crippen LogP contribution is -2.17. The predicted octanol–water partition coefficient (Wildman–Crippen LogP) is 2.36. The van der Waals surface area contributed by atoms with E-state index in [1.807, 2.05) is 23.9 Å². The second-order valence-electron chi connectivity index (χ2n) is 4.20. The van der Waals surface area contributed by atoms with Crippen molar-refractivity contribution in [2.75, 3.05) is 13.7 Å². The Morgan fingerprint density at radius 1 is 1.45 bits per heavy atom. The van der Waals surface area contributed by atoms with Crippen molar-refractivity contribution in [3.63, 3.8) is 0 Å². The summed E-state index contributed by atoms with van der Waals surface area (Å²) in [5, 5.41) is 12.8. The molecule has 1 saturated carbocycles. The van der Waals surface area contributed by atoms with Crippen LogP contribution in [0.1, 0.15) is 18.4 Å². The van der Waals surface area contributed by atoms with Crippen LogP contribution in [0.15, 0.2) is 34.3 Å². The number of ether oxygens (including phenoxy) is 1. The molecule has 1 aliphatic carbocycles. The van der Waals surface area contributed by atoms with Gasteiger partial charge in [0.1, 0.15) is 6.07 Å². The van der Waals surface area contributed by atoms with Crippen LogP contribution in [0.5, 0.6) is 0 Å². The number of oxime groups is 1. The van der Waals surface area contributed by atoms with E-state index in [0.717, 1.165) is 5.25 Å². The van der Waals surface area contributed by atoms with Crippen molar-refractivity contribution >= 4 is 23.4 Å². The van der Waals surface area contributed by atoms with Gasteiger partial charge in [0.2, 0.25) is 6.61 Å². The van der Waals surface area contributed by atoms with Gasteiger partial charge in [-0.05, 0) is 25.0 Å². The minimum absolute atomic E-state index is 0.0609. The molecule has 6 heteroatoms. The summed E-state index contributed by atoms with van der Waals surface area (Å²) in [5.74, 6) is -0.592. The highest BCUT2D eigenvalue weighted by Crippen LogP contribution is 2.39. The Balaban J connectivity index is 2.12. The molecule has 0 atom stereocenters. The van der Waals surface area contributed by atoms with Gasteiger partial charge in [0.25, 0.3) is 0 Å². The molecule has 1 aliphatic rings. The number of methoxy groups -OCH3 is 1. The number of rotatable bonds is 6. The van der Waals surface area contributed by atoms with Crippen molar-refractivity contribution in [2.24, 2.45) is 5.16 Å². The summed E-state index contributed by atoms with van der Waals surface area (Å²) in [4.78, 5) is 17.6. The highest BCUT2D eigenvalue weighted by atomic mass is 32.2. The Morgan fingerprint density at radius 2 is 2.15 bits per heavy atom. The fraction of sp³-hybridized carbons (Fsp3) is 0.357. The van der Waals surface area contributed by atoms with E-state index in [2.05, 4.69) is 9.89 Å². The van der Waals surface area contributed by atoms with Crippen molar-refractivity contribution in [1.82, 2.24) is 0 Å². The van der Waals surface area contributed by atoms with Crippen LogP contribution in [0, 0.1) is 11.3 Å². The monoisotopic (exact) mass is 290 g/mol. The SMILES string of the molecule is COC(=O)/C(=N/OCC#N)c1ccc(SC2CC2)cc1. The van der Waals surface area contributed by atoms with Gasteiger partial charge >= 0.3 is 5.97 Å². The third kappa shape index (κ3) is 4.00. The Bertz CT molecular complexity index is 545. The molecule has 0 N–H and O–H groups in total. The standard InChI is InChI=1S/C14H14N2O3S/c1-18-14(17)13(16-19-9-8-15)10-2-4-11(5-3-10)20-12-6-7-12/h2-5,12H,6-7,9H2,1H3/b16-13+. The van der Waals surface area contributed by atoms with Crippen molar-refractivity contribution < 1.29 is 14.4 Å². The van der Waals surface area contributed by atoms with Crippen LogP contribution >= 0.6 is 11.8 Å². The maximum atomic E-state index is 11.7. The normalized spacial score (nSPS) is 14.5. The number of benzene rings is 1. The third-order valence-corrected chi connectivity index (χ3v) is 3.97. The highest BCUT2D eigenvalue weighted by molar-refractivity contribution is 8.00. The fourth-order valence-corrected chi connectivity index (χ4v) is 2.55. The van der Waals surface area contributed by atoms with E-state index < -0.39 is 5.97 Å². The third-order valence-electron chi connectivity index (χ3n) is 2.62. The Morgan fingerprint density at radius 3 is 2.70 bits per heavy atom. The minimum Gasteiger partial charge on any atom is -0.464 e. The molecule has 1 aromatic carbocycles. The van der Waals surface area contributed by atoms with E-state index in [-0.39, 0.29) is 12.3 Å². The Hall–Kier alpha value is -2.00. The zero-order valence-corrected chi connectivity index (χ0v) is 11.9. The van der Waals surface area contributed by atoms with E-state index in [0.29, 0.717) is 5.56 Å². The number of carbonyl (C=O) groups is 1. The number of thioether (sulfide) groups is 1. The quantitative estimate of drug-likeness (QED) is 0.348. The van der Waals surface area contributed by atoms with Gasteiger partial charge in [0.05, 0.1) is 7.11 Å². The van der Waals surface area contributed by atoms with Gasteiger partial charge in [-0.1, -0.05) is 17.3 Å². The van der Waals surface area contributed by atoms with E-state index in [4.69, 9.17) is 10.1 Å². The molecule has 0 unspecified atom stereocenters. The first kappa shape index (κ1) is 14.4. The molecule has 0 aliphatic heterocycles. The minimum atomic E-state index is -0.592. The van der Waals surface area contributed by atoms with Gasteiger partial charge in [-0.2, -0.15) is 5.26 Å². The molecule has 1 aromatic rings. The van der Waals surface area contributed by atoms with Crippen LogP contribution in [0.4, 0.5) is 0 Å². The predicted molar refractivity (Wildman–Crippen MR) is 75.4 cm³/mol. The second kappa shape index (κ2) is 6.96. The summed E-state index contributed by atoms with van der Waals surface area (Å²) >= 11 is 1.84. The molecule has 2 rings (SSSR count). The first-order chi connectivity index (χ1) is 9.74. The van der Waals surface area contributed by atoms with Crippen molar-refractivity contribution in [3.05, 3.63) is 29.8 Å². The van der Waals surface area contributed by atoms with Crippen LogP contribution in [-0.2, 0) is 14.4 Å². The van der Waals surface area contributed by atoms with E-state index in [1.54, 1.807) is 18.2 Å². The topological polar surface area (TPSA) is 71.7 Å². The molecule has 0 heterocycles. The average Bonchev–Trinajstić information content (AvgIpc) is 3.28. The van der Waals surface area contributed by atoms with Gasteiger partial charge in [-0.15, -0.1) is 11.8 Å². The number of carbonyl (C=O) groups excluding carboxylic acids is 1. The molecule has 0 bridgehead atoms. The van der Waals surface area contributed by atoms with Crippen LogP contribution in [0.25, 0.3) is 0 Å². The van der Waals surface area contributed by atoms with Crippen LogP contribution < -0.4 is 0 Å². The molecule has 0 spiro atoms. The molecular formula is C14H14N2O3S. The number of hydrogen-bond donors (Lipinski definition) is 0. The fourth-order valence-electron chi connectivity index (χ4n) is 1.50. The molecule has 0 amide bonds. The summed E-state index contributed by atoms with van der Waals surface area (Å²) in [6, 6.07) is 9.28. The summed E-state index contributed by atoms with van der Waals surface area (Å²) in [7, 11) is 1.28. The Kier molecular flexibility index (Phi) is 5.02. The maximum Gasteiger partial charge on any atom is 0.360 e. The van der Waals surface area contributed by atoms with Gasteiger partial charge in [0.15, 0.2) is 5.71 Å². The zero-order valence-electron chi connectivity index (χ0n) is 11.0. The molecular weight excluding hydrogens is 276 g/mol. The van der Waals surface area contributed by atoms with Gasteiger partial charge in [-0.25, -0.2) is 4.79 Å². The van der Waals surface area contributed by atoms with E-state index >= 15 is 0 Å². The zero-order chi connectivity index (χ0) is 14.4. The van der Waals surface area contributed by atoms with Crippen molar-refractivity contribution in [2.45, 2.75) is 23.0 Å². The molecule has 0 radical (unpaired) electrons. The molecule has 20 heavy (non-hydrogen) atoms. The molecule has 1 fully saturated rings. The smallest absolute Gasteiger partial charge is 0.360 e. The molecule has 5 nitrogen and oxygen atoms in total. The van der Waals surface area contributed by atoms with Crippen molar-refractivity contribution in [3.8, 4) is 6.07 Å². The lowest BCUT2D eigenvalue weighted by Gasteiger charge is -2.05. The molecule has 104 valence electrons. The van der Waals surface area contributed by atoms with Gasteiger partial charge < -0.3 is 9.57 Å². The first-order valence-electron chi connectivity index (χ1n) is 6.17. The summed E-state index contributed by atoms with van der Waals surface area (Å²) in [6.45, 7) is -0.212. The summed E-state index contributed by atoms with van der Waals surface area (Å²) in [5.41, 5.74) is 0.667. The number of hydrogen-bond acceptors (Lipinski definition) is 6. The van der Waals surface area contributed by atoms with Crippen LogP contribution in [-0.4, -0.2) is 30.6 Å². The van der Waals surface area contributed by atoms with Gasteiger partial charge in [0, 0.05) is 15.7 Å². The number of nitriles is 1. The molecule has 0 saturated heterocycles. The van der Waals surface area contributed by atoms with Crippen molar-refractivity contribution in [1.29, 1.82) is 5.26 Å². The van der Waals surface area contributed by atoms with Crippen LogP contribution in [0.3, 0.4) is 0 Å². The maximum absolute atomic E-state index is 11.7. The second-order valence-corrected chi connectivity index (χ2v) is 5.58. The lowest BCUT2D eigenvalue weighted by molar-refractivity contribution is -0.132. The lowest BCUT2D eigenvalue weighted by atomic mass is 10.1. The summed E-state index contributed by atoms with van der Waals surface area (Å²) in [6.07, 6.45) is 2.53. The molecule has 0 aromatic heterocycles. The Labute approximate surface area is 121 Å². The number of esters is 1. The first-order valence-corrected chi connectivity index (χ1v) is 7.05. The van der Waals surface area contributed by atoms with E-state index in [9.17, 15) is 4.79 Å². The largest absolute Gasteiger partial charge is 0.464 e. The summed E-state index contributed by atoms with van der Waals surface area (Å²) < 4.78 is 4.66. The van der Waals surface area contributed by atoms with Gasteiger partial charge in [-0.3, -0.25) is 0 Å². The number of nitrogens with zero attached hydrogens (tertiary/aromatic N) is 2. The van der Waals surface area contributed by atoms with Crippen LogP contribution in [0.2, 0.25) is 0 Å². The average molecular weight is 290 g/mol.